The van der Waals surface area contributed by atoms with Crippen LogP contribution in [0.5, 0.6) is 0 Å². The van der Waals surface area contributed by atoms with Gasteiger partial charge in [-0.15, -0.1) is 0 Å². The monoisotopic (exact) mass is 274 g/mol. The summed E-state index contributed by atoms with van der Waals surface area (Å²) < 4.78 is 13.9. The Morgan fingerprint density at radius 3 is 2.45 bits per heavy atom. The van der Waals surface area contributed by atoms with E-state index in [1.165, 1.54) is 12.4 Å². The number of hydrogen-bond donors (Lipinski definition) is 2. The molecule has 0 unspecified atom stereocenters. The van der Waals surface area contributed by atoms with Crippen LogP contribution in [0.4, 0.5) is 21.7 Å². The van der Waals surface area contributed by atoms with Gasteiger partial charge in [0, 0.05) is 12.6 Å². The van der Waals surface area contributed by atoms with Gasteiger partial charge in [0.25, 0.3) is 0 Å². The van der Waals surface area contributed by atoms with E-state index < -0.39 is 0 Å². The molecule has 1 aromatic carbocycles. The van der Waals surface area contributed by atoms with E-state index in [9.17, 15) is 4.39 Å². The molecule has 0 fully saturated rings. The third-order valence-electron chi connectivity index (χ3n) is 3.16. The molecule has 0 aliphatic heterocycles. The van der Waals surface area contributed by atoms with Gasteiger partial charge in [0.15, 0.2) is 0 Å². The van der Waals surface area contributed by atoms with Gasteiger partial charge in [0.1, 0.15) is 23.8 Å². The third-order valence-corrected chi connectivity index (χ3v) is 3.16. The van der Waals surface area contributed by atoms with Crippen molar-refractivity contribution in [3.05, 3.63) is 41.5 Å². The predicted molar refractivity (Wildman–Crippen MR) is 80.1 cm³/mol. The van der Waals surface area contributed by atoms with Crippen molar-refractivity contribution in [1.29, 1.82) is 0 Å². The Hall–Kier alpha value is -2.17. The van der Waals surface area contributed by atoms with Crippen LogP contribution in [0.2, 0.25) is 0 Å². The molecule has 4 nitrogen and oxygen atoms in total. The summed E-state index contributed by atoms with van der Waals surface area (Å²) in [5.41, 5.74) is 2.23. The van der Waals surface area contributed by atoms with Gasteiger partial charge in [-0.1, -0.05) is 26.0 Å². The molecule has 20 heavy (non-hydrogen) atoms. The van der Waals surface area contributed by atoms with Crippen molar-refractivity contribution in [2.45, 2.75) is 26.7 Å². The molecular formula is C15H19FN4. The minimum absolute atomic E-state index is 0.216. The molecule has 0 aliphatic rings. The van der Waals surface area contributed by atoms with Crippen molar-refractivity contribution in [2.24, 2.45) is 0 Å². The predicted octanol–water partition coefficient (Wildman–Crippen LogP) is 3.83. The highest BCUT2D eigenvalue weighted by Gasteiger charge is 2.16. The molecule has 0 radical (unpaired) electrons. The van der Waals surface area contributed by atoms with E-state index in [1.54, 1.807) is 6.07 Å². The van der Waals surface area contributed by atoms with Crippen LogP contribution in [0.25, 0.3) is 0 Å². The Morgan fingerprint density at radius 2 is 1.85 bits per heavy atom. The minimum Gasteiger partial charge on any atom is -0.373 e. The molecule has 0 aliphatic carbocycles. The summed E-state index contributed by atoms with van der Waals surface area (Å²) in [7, 11) is 1.81. The number of aryl methyl sites for hydroxylation is 1. The van der Waals surface area contributed by atoms with Crippen molar-refractivity contribution in [3.8, 4) is 0 Å². The van der Waals surface area contributed by atoms with Gasteiger partial charge < -0.3 is 10.6 Å². The summed E-state index contributed by atoms with van der Waals surface area (Å²) in [6, 6.07) is 4.99. The lowest BCUT2D eigenvalue weighted by Crippen LogP contribution is -2.08. The number of rotatable bonds is 4. The van der Waals surface area contributed by atoms with Crippen molar-refractivity contribution >= 4 is 17.3 Å². The molecule has 5 heteroatoms. The minimum atomic E-state index is -0.288. The van der Waals surface area contributed by atoms with Crippen LogP contribution in [0, 0.1) is 12.7 Å². The number of nitrogens with zero attached hydrogens (tertiary/aromatic N) is 2. The summed E-state index contributed by atoms with van der Waals surface area (Å²) in [5.74, 6) is 1.32. The summed E-state index contributed by atoms with van der Waals surface area (Å²) in [5, 5.41) is 6.15. The zero-order chi connectivity index (χ0) is 14.7. The number of halogens is 1. The summed E-state index contributed by atoms with van der Waals surface area (Å²) in [6.07, 6.45) is 1.47. The Balaban J connectivity index is 2.49. The van der Waals surface area contributed by atoms with Crippen molar-refractivity contribution < 1.29 is 4.39 Å². The van der Waals surface area contributed by atoms with E-state index in [4.69, 9.17) is 0 Å². The Bertz CT molecular complexity index is 591. The fourth-order valence-corrected chi connectivity index (χ4v) is 2.15. The standard InChI is InChI=1S/C15H19FN4/c1-9(2)12-14(17-4)18-8-19-15(12)20-13-10(3)6-5-7-11(13)16/h5-9H,1-4H3,(H2,17,18,19,20). The number of hydrogen-bond acceptors (Lipinski definition) is 4. The molecule has 2 N–H and O–H groups in total. The number of para-hydroxylation sites is 1. The molecule has 0 saturated carbocycles. The van der Waals surface area contributed by atoms with Gasteiger partial charge >= 0.3 is 0 Å². The Labute approximate surface area is 118 Å². The van der Waals surface area contributed by atoms with E-state index in [0.717, 1.165) is 16.9 Å². The van der Waals surface area contributed by atoms with Crippen LogP contribution in [-0.2, 0) is 0 Å². The van der Waals surface area contributed by atoms with Crippen LogP contribution in [-0.4, -0.2) is 17.0 Å². The van der Waals surface area contributed by atoms with Crippen LogP contribution in [0.15, 0.2) is 24.5 Å². The summed E-state index contributed by atoms with van der Waals surface area (Å²) in [6.45, 7) is 5.97. The molecule has 106 valence electrons. The van der Waals surface area contributed by atoms with Crippen molar-refractivity contribution in [1.82, 2.24) is 9.97 Å². The highest BCUT2D eigenvalue weighted by Crippen LogP contribution is 2.31. The first-order valence-electron chi connectivity index (χ1n) is 6.59. The third kappa shape index (κ3) is 2.71. The Morgan fingerprint density at radius 1 is 1.15 bits per heavy atom. The summed E-state index contributed by atoms with van der Waals surface area (Å²) in [4.78, 5) is 8.47. The molecule has 2 aromatic rings. The van der Waals surface area contributed by atoms with Crippen molar-refractivity contribution in [3.63, 3.8) is 0 Å². The van der Waals surface area contributed by atoms with Gasteiger partial charge in [0.05, 0.1) is 5.69 Å². The lowest BCUT2D eigenvalue weighted by molar-refractivity contribution is 0.630. The van der Waals surface area contributed by atoms with Crippen LogP contribution < -0.4 is 10.6 Å². The lowest BCUT2D eigenvalue weighted by Gasteiger charge is -2.17. The van der Waals surface area contributed by atoms with Crippen LogP contribution in [0.3, 0.4) is 0 Å². The van der Waals surface area contributed by atoms with Gasteiger partial charge in [-0.25, -0.2) is 14.4 Å². The van der Waals surface area contributed by atoms with Crippen LogP contribution in [0.1, 0.15) is 30.9 Å². The van der Waals surface area contributed by atoms with Crippen molar-refractivity contribution in [2.75, 3.05) is 17.7 Å². The second-order valence-corrected chi connectivity index (χ2v) is 4.95. The first kappa shape index (κ1) is 14.2. The molecule has 0 amide bonds. The zero-order valence-electron chi connectivity index (χ0n) is 12.2. The fraction of sp³-hybridized carbons (Fsp3) is 0.333. The van der Waals surface area contributed by atoms with E-state index in [-0.39, 0.29) is 11.7 Å². The summed E-state index contributed by atoms with van der Waals surface area (Å²) >= 11 is 0. The van der Waals surface area contributed by atoms with Gasteiger partial charge in [-0.05, 0) is 24.5 Å². The fourth-order valence-electron chi connectivity index (χ4n) is 2.15. The molecule has 0 saturated heterocycles. The van der Waals surface area contributed by atoms with Gasteiger partial charge in [0.2, 0.25) is 0 Å². The Kier molecular flexibility index (Phi) is 4.17. The molecular weight excluding hydrogens is 255 g/mol. The molecule has 0 atom stereocenters. The highest BCUT2D eigenvalue weighted by atomic mass is 19.1. The average Bonchev–Trinajstić information content (AvgIpc) is 2.42. The van der Waals surface area contributed by atoms with E-state index in [1.807, 2.05) is 20.0 Å². The number of anilines is 3. The maximum absolute atomic E-state index is 13.9. The maximum atomic E-state index is 13.9. The number of aromatic nitrogens is 2. The smallest absolute Gasteiger partial charge is 0.146 e. The first-order valence-corrected chi connectivity index (χ1v) is 6.59. The maximum Gasteiger partial charge on any atom is 0.146 e. The largest absolute Gasteiger partial charge is 0.373 e. The topological polar surface area (TPSA) is 49.8 Å². The van der Waals surface area contributed by atoms with Gasteiger partial charge in [-0.3, -0.25) is 0 Å². The number of benzene rings is 1. The lowest BCUT2D eigenvalue weighted by atomic mass is 10.0. The molecule has 0 bridgehead atoms. The number of nitrogens with one attached hydrogen (secondary N) is 2. The highest BCUT2D eigenvalue weighted by molar-refractivity contribution is 5.68. The first-order chi connectivity index (χ1) is 9.54. The van der Waals surface area contributed by atoms with Crippen LogP contribution >= 0.6 is 0 Å². The normalized spacial score (nSPS) is 10.7. The second kappa shape index (κ2) is 5.86. The van der Waals surface area contributed by atoms with E-state index >= 15 is 0 Å². The molecule has 1 heterocycles. The molecule has 0 spiro atoms. The second-order valence-electron chi connectivity index (χ2n) is 4.95. The van der Waals surface area contributed by atoms with Gasteiger partial charge in [-0.2, -0.15) is 0 Å². The van der Waals surface area contributed by atoms with E-state index in [0.29, 0.717) is 11.5 Å². The quantitative estimate of drug-likeness (QED) is 0.889. The SMILES string of the molecule is CNc1ncnc(Nc2c(C)cccc2F)c1C(C)C. The van der Waals surface area contributed by atoms with E-state index in [2.05, 4.69) is 34.4 Å². The zero-order valence-corrected chi connectivity index (χ0v) is 12.2. The molecule has 1 aromatic heterocycles. The molecule has 2 rings (SSSR count). The average molecular weight is 274 g/mol.